The van der Waals surface area contributed by atoms with Gasteiger partial charge in [-0.25, -0.2) is 18.2 Å². The lowest BCUT2D eigenvalue weighted by Crippen LogP contribution is -2.51. The SMILES string of the molecule is O=C(Nc1ccc(OC(F)(F)Cl)cc1)c1cnc(N2CCN(C(F)C(F)F)CC2)c(-c2ccn[nH]2)c1. The Balaban J connectivity index is 1.51. The Hall–Kier alpha value is -3.45. The number of aromatic nitrogens is 3. The number of benzene rings is 1. The number of nitrogens with one attached hydrogen (secondary N) is 2. The summed E-state index contributed by atoms with van der Waals surface area (Å²) >= 11 is 4.74. The molecule has 8 nitrogen and oxygen atoms in total. The van der Waals surface area contributed by atoms with Crippen molar-refractivity contribution in [2.75, 3.05) is 36.4 Å². The van der Waals surface area contributed by atoms with Gasteiger partial charge in [0.05, 0.1) is 11.3 Å². The van der Waals surface area contributed by atoms with E-state index in [1.165, 1.54) is 36.7 Å². The molecular formula is C22H20ClF5N6O2. The molecule has 1 aliphatic heterocycles. The molecule has 1 saturated heterocycles. The molecule has 0 radical (unpaired) electrons. The zero-order valence-electron chi connectivity index (χ0n) is 18.5. The van der Waals surface area contributed by atoms with Gasteiger partial charge in [0.25, 0.3) is 12.3 Å². The molecule has 0 saturated carbocycles. The number of piperazine rings is 1. The smallest absolute Gasteiger partial charge is 0.420 e. The summed E-state index contributed by atoms with van der Waals surface area (Å²) in [6.07, 6.45) is -2.54. The number of hydrogen-bond acceptors (Lipinski definition) is 6. The molecule has 36 heavy (non-hydrogen) atoms. The average Bonchev–Trinajstić information content (AvgIpc) is 3.38. The number of alkyl halides is 6. The summed E-state index contributed by atoms with van der Waals surface area (Å²) in [5.74, 6) is -0.229. The highest BCUT2D eigenvalue weighted by Crippen LogP contribution is 2.30. The number of rotatable bonds is 8. The third-order valence-electron chi connectivity index (χ3n) is 5.44. The molecule has 0 bridgehead atoms. The van der Waals surface area contributed by atoms with Crippen LogP contribution in [0.15, 0.2) is 48.8 Å². The minimum absolute atomic E-state index is 0.0766. The Kier molecular flexibility index (Phi) is 7.59. The lowest BCUT2D eigenvalue weighted by molar-refractivity contribution is -0.0964. The van der Waals surface area contributed by atoms with Crippen LogP contribution in [0.1, 0.15) is 10.4 Å². The summed E-state index contributed by atoms with van der Waals surface area (Å²) in [7, 11) is 0. The summed E-state index contributed by atoms with van der Waals surface area (Å²) in [5, 5.41) is 9.37. The maximum absolute atomic E-state index is 13.7. The molecule has 1 aliphatic rings. The van der Waals surface area contributed by atoms with E-state index in [0.29, 0.717) is 22.8 Å². The fourth-order valence-electron chi connectivity index (χ4n) is 3.72. The molecule has 192 valence electrons. The second-order valence-corrected chi connectivity index (χ2v) is 8.26. The average molecular weight is 531 g/mol. The van der Waals surface area contributed by atoms with E-state index in [1.807, 2.05) is 4.90 Å². The van der Waals surface area contributed by atoms with E-state index in [2.05, 4.69) is 25.2 Å². The van der Waals surface area contributed by atoms with Gasteiger partial charge in [0.15, 0.2) is 0 Å². The van der Waals surface area contributed by atoms with Gasteiger partial charge >= 0.3 is 5.57 Å². The van der Waals surface area contributed by atoms with E-state index in [-0.39, 0.29) is 37.5 Å². The number of halogens is 6. The van der Waals surface area contributed by atoms with Crippen LogP contribution in [0.2, 0.25) is 0 Å². The maximum atomic E-state index is 13.7. The molecule has 0 aliphatic carbocycles. The van der Waals surface area contributed by atoms with E-state index in [1.54, 1.807) is 12.1 Å². The van der Waals surface area contributed by atoms with E-state index >= 15 is 0 Å². The maximum Gasteiger partial charge on any atom is 0.487 e. The number of carbonyl (C=O) groups excluding carboxylic acids is 1. The molecule has 2 aromatic heterocycles. The number of pyridine rings is 1. The Morgan fingerprint density at radius 3 is 2.39 bits per heavy atom. The van der Waals surface area contributed by atoms with Crippen LogP contribution in [0.25, 0.3) is 11.3 Å². The van der Waals surface area contributed by atoms with Crippen LogP contribution in [0.5, 0.6) is 5.75 Å². The monoisotopic (exact) mass is 530 g/mol. The molecule has 1 unspecified atom stereocenters. The minimum Gasteiger partial charge on any atom is -0.420 e. The Morgan fingerprint density at radius 1 is 1.11 bits per heavy atom. The summed E-state index contributed by atoms with van der Waals surface area (Å²) < 4.78 is 68.9. The quantitative estimate of drug-likeness (QED) is 0.252. The van der Waals surface area contributed by atoms with Crippen molar-refractivity contribution in [3.63, 3.8) is 0 Å². The zero-order chi connectivity index (χ0) is 25.9. The zero-order valence-corrected chi connectivity index (χ0v) is 19.2. The van der Waals surface area contributed by atoms with Crippen LogP contribution in [0, 0.1) is 0 Å². The highest BCUT2D eigenvalue weighted by Gasteiger charge is 2.31. The fourth-order valence-corrected chi connectivity index (χ4v) is 3.81. The number of H-pyrrole nitrogens is 1. The largest absolute Gasteiger partial charge is 0.487 e. The number of carbonyl (C=O) groups is 1. The first-order valence-corrected chi connectivity index (χ1v) is 11.1. The van der Waals surface area contributed by atoms with Crippen molar-refractivity contribution in [3.8, 4) is 17.0 Å². The summed E-state index contributed by atoms with van der Waals surface area (Å²) in [5.41, 5.74) is -2.25. The van der Waals surface area contributed by atoms with E-state index in [0.717, 1.165) is 4.90 Å². The van der Waals surface area contributed by atoms with Gasteiger partial charge in [-0.05, 0) is 36.4 Å². The minimum atomic E-state index is -3.86. The van der Waals surface area contributed by atoms with Crippen LogP contribution in [0.4, 0.5) is 33.5 Å². The second-order valence-electron chi connectivity index (χ2n) is 7.82. The molecule has 1 amide bonds. The highest BCUT2D eigenvalue weighted by molar-refractivity contribution is 6.20. The fraction of sp³-hybridized carbons (Fsp3) is 0.318. The molecule has 1 aromatic carbocycles. The van der Waals surface area contributed by atoms with Crippen molar-refractivity contribution in [2.45, 2.75) is 18.3 Å². The van der Waals surface area contributed by atoms with Gasteiger partial charge in [-0.1, -0.05) is 0 Å². The van der Waals surface area contributed by atoms with Gasteiger partial charge in [0.2, 0.25) is 6.30 Å². The summed E-state index contributed by atoms with van der Waals surface area (Å²) in [4.78, 5) is 20.1. The summed E-state index contributed by atoms with van der Waals surface area (Å²) in [6, 6.07) is 8.44. The molecule has 1 atom stereocenters. The molecule has 3 heterocycles. The number of nitrogens with zero attached hydrogens (tertiary/aromatic N) is 4. The van der Waals surface area contributed by atoms with Gasteiger partial charge in [0, 0.05) is 61.4 Å². The predicted molar refractivity (Wildman–Crippen MR) is 122 cm³/mol. The third kappa shape index (κ3) is 6.21. The van der Waals surface area contributed by atoms with Gasteiger partial charge in [0.1, 0.15) is 11.6 Å². The predicted octanol–water partition coefficient (Wildman–Crippen LogP) is 4.57. The lowest BCUT2D eigenvalue weighted by Gasteiger charge is -2.37. The molecular weight excluding hydrogens is 511 g/mol. The van der Waals surface area contributed by atoms with E-state index < -0.39 is 24.2 Å². The molecule has 3 aromatic rings. The standard InChI is InChI=1S/C22H20ClF5N6O2/c23-22(27,28)36-15-3-1-14(2-4-15)31-21(35)13-11-16(17-5-6-30-32-17)20(29-12-13)34-9-7-33(8-10-34)19(26)18(24)25/h1-6,11-12,18-19H,7-10H2,(H,30,32)(H,31,35). The first-order chi connectivity index (χ1) is 17.1. The molecule has 2 N–H and O–H groups in total. The van der Waals surface area contributed by atoms with Crippen molar-refractivity contribution in [2.24, 2.45) is 0 Å². The van der Waals surface area contributed by atoms with Crippen molar-refractivity contribution in [1.82, 2.24) is 20.1 Å². The molecule has 1 fully saturated rings. The molecule has 14 heteroatoms. The number of aromatic amines is 1. The van der Waals surface area contributed by atoms with Gasteiger partial charge < -0.3 is 15.0 Å². The van der Waals surface area contributed by atoms with E-state index in [4.69, 9.17) is 11.6 Å². The summed E-state index contributed by atoms with van der Waals surface area (Å²) in [6.45, 7) is 0.658. The third-order valence-corrected chi connectivity index (χ3v) is 5.51. The number of anilines is 2. The first-order valence-electron chi connectivity index (χ1n) is 10.7. The number of hydrogen-bond donors (Lipinski definition) is 2. The normalized spacial score (nSPS) is 15.7. The van der Waals surface area contributed by atoms with Crippen LogP contribution < -0.4 is 15.0 Å². The van der Waals surface area contributed by atoms with Crippen LogP contribution in [-0.4, -0.2) is 70.5 Å². The Labute approximate surface area is 207 Å². The topological polar surface area (TPSA) is 86.4 Å². The van der Waals surface area contributed by atoms with Crippen molar-refractivity contribution in [1.29, 1.82) is 0 Å². The van der Waals surface area contributed by atoms with Crippen molar-refractivity contribution >= 4 is 29.0 Å². The van der Waals surface area contributed by atoms with Crippen molar-refractivity contribution < 1.29 is 31.5 Å². The van der Waals surface area contributed by atoms with Crippen LogP contribution in [-0.2, 0) is 0 Å². The van der Waals surface area contributed by atoms with Gasteiger partial charge in [-0.2, -0.15) is 5.10 Å². The second kappa shape index (κ2) is 10.7. The Bertz CT molecular complexity index is 1170. The first kappa shape index (κ1) is 25.6. The van der Waals surface area contributed by atoms with Crippen molar-refractivity contribution in [3.05, 3.63) is 54.4 Å². The van der Waals surface area contributed by atoms with Crippen LogP contribution in [0.3, 0.4) is 0 Å². The number of amides is 1. The van der Waals surface area contributed by atoms with E-state index in [9.17, 15) is 26.7 Å². The number of ether oxygens (including phenoxy) is 1. The van der Waals surface area contributed by atoms with Gasteiger partial charge in [-0.15, -0.1) is 8.78 Å². The molecule has 4 rings (SSSR count). The highest BCUT2D eigenvalue weighted by atomic mass is 35.5. The van der Waals surface area contributed by atoms with Crippen LogP contribution >= 0.6 is 11.6 Å². The molecule has 0 spiro atoms. The van der Waals surface area contributed by atoms with Gasteiger partial charge in [-0.3, -0.25) is 14.8 Å². The lowest BCUT2D eigenvalue weighted by atomic mass is 10.1. The Morgan fingerprint density at radius 2 is 1.81 bits per heavy atom.